The van der Waals surface area contributed by atoms with Crippen molar-refractivity contribution in [2.24, 2.45) is 5.10 Å². The van der Waals surface area contributed by atoms with Gasteiger partial charge in [0.15, 0.2) is 18.1 Å². The molecule has 3 N–H and O–H groups in total. The van der Waals surface area contributed by atoms with E-state index in [1.54, 1.807) is 18.2 Å². The zero-order valence-corrected chi connectivity index (χ0v) is 21.5. The molecule has 3 aromatic rings. The fraction of sp³-hybridized carbons (Fsp3) is 0.214. The van der Waals surface area contributed by atoms with Gasteiger partial charge in [0, 0.05) is 11.4 Å². The van der Waals surface area contributed by atoms with Gasteiger partial charge in [0.1, 0.15) is 0 Å². The van der Waals surface area contributed by atoms with Crippen molar-refractivity contribution >= 4 is 35.3 Å². The van der Waals surface area contributed by atoms with E-state index in [2.05, 4.69) is 21.2 Å². The first kappa shape index (κ1) is 26.9. The third-order valence-corrected chi connectivity index (χ3v) is 5.52. The van der Waals surface area contributed by atoms with E-state index < -0.39 is 11.8 Å². The summed E-state index contributed by atoms with van der Waals surface area (Å²) in [4.78, 5) is 36.7. The van der Waals surface area contributed by atoms with E-state index in [0.717, 1.165) is 27.9 Å². The van der Waals surface area contributed by atoms with E-state index >= 15 is 0 Å². The number of hydrazone groups is 1. The molecule has 9 heteroatoms. The molecule has 0 heterocycles. The van der Waals surface area contributed by atoms with Crippen LogP contribution in [-0.4, -0.2) is 37.7 Å². The van der Waals surface area contributed by atoms with Crippen LogP contribution in [0.15, 0.2) is 59.7 Å². The van der Waals surface area contributed by atoms with Crippen LogP contribution in [0.25, 0.3) is 0 Å². The third kappa shape index (κ3) is 7.41. The highest BCUT2D eigenvalue weighted by Crippen LogP contribution is 2.27. The van der Waals surface area contributed by atoms with Crippen molar-refractivity contribution in [3.8, 4) is 11.5 Å². The number of carbonyl (C=O) groups is 3. The second-order valence-electron chi connectivity index (χ2n) is 8.49. The van der Waals surface area contributed by atoms with Gasteiger partial charge in [-0.25, -0.2) is 5.43 Å². The SMILES string of the molecule is COc1cc(/C=N\NC(=O)C(=O)Nc2c(C)cccc2C)ccc1OCC(=O)Nc1cc(C)ccc1C. The second-order valence-corrected chi connectivity index (χ2v) is 8.49. The molecule has 3 rings (SSSR count). The summed E-state index contributed by atoms with van der Waals surface area (Å²) >= 11 is 0. The number of amides is 3. The Labute approximate surface area is 215 Å². The van der Waals surface area contributed by atoms with Gasteiger partial charge in [-0.3, -0.25) is 14.4 Å². The van der Waals surface area contributed by atoms with Gasteiger partial charge in [-0.15, -0.1) is 0 Å². The van der Waals surface area contributed by atoms with Crippen LogP contribution >= 0.6 is 0 Å². The molecule has 0 bridgehead atoms. The van der Waals surface area contributed by atoms with Gasteiger partial charge in [0.2, 0.25) is 0 Å². The second kappa shape index (κ2) is 12.3. The first-order valence-corrected chi connectivity index (χ1v) is 11.6. The summed E-state index contributed by atoms with van der Waals surface area (Å²) in [6.45, 7) is 7.35. The number of methoxy groups -OCH3 is 1. The number of aryl methyl sites for hydroxylation is 4. The number of nitrogens with zero attached hydrogens (tertiary/aromatic N) is 1. The summed E-state index contributed by atoms with van der Waals surface area (Å²) in [5.74, 6) is -1.28. The number of rotatable bonds is 8. The van der Waals surface area contributed by atoms with Gasteiger partial charge < -0.3 is 20.1 Å². The molecule has 192 valence electrons. The minimum Gasteiger partial charge on any atom is -0.493 e. The summed E-state index contributed by atoms with van der Waals surface area (Å²) in [7, 11) is 1.47. The molecule has 3 aromatic carbocycles. The van der Waals surface area contributed by atoms with Crippen LogP contribution in [0.4, 0.5) is 11.4 Å². The number of nitrogens with one attached hydrogen (secondary N) is 3. The topological polar surface area (TPSA) is 118 Å². The maximum Gasteiger partial charge on any atom is 0.329 e. The van der Waals surface area contributed by atoms with E-state index in [1.165, 1.54) is 13.3 Å². The number of para-hydroxylation sites is 1. The Balaban J connectivity index is 1.56. The maximum absolute atomic E-state index is 12.4. The zero-order valence-electron chi connectivity index (χ0n) is 21.5. The van der Waals surface area contributed by atoms with E-state index in [-0.39, 0.29) is 12.5 Å². The van der Waals surface area contributed by atoms with Crippen LogP contribution in [-0.2, 0) is 14.4 Å². The van der Waals surface area contributed by atoms with Crippen LogP contribution in [0, 0.1) is 27.7 Å². The Kier molecular flexibility index (Phi) is 8.99. The molecule has 37 heavy (non-hydrogen) atoms. The van der Waals surface area contributed by atoms with Crippen LogP contribution in [0.3, 0.4) is 0 Å². The predicted molar refractivity (Wildman–Crippen MR) is 143 cm³/mol. The molecule has 0 aromatic heterocycles. The molecule has 0 atom stereocenters. The van der Waals surface area contributed by atoms with Crippen molar-refractivity contribution < 1.29 is 23.9 Å². The number of carbonyl (C=O) groups excluding carboxylic acids is 3. The molecule has 0 aliphatic heterocycles. The Hall–Kier alpha value is -4.66. The van der Waals surface area contributed by atoms with Crippen molar-refractivity contribution in [1.29, 1.82) is 0 Å². The van der Waals surface area contributed by atoms with Gasteiger partial charge >= 0.3 is 11.8 Å². The summed E-state index contributed by atoms with van der Waals surface area (Å²) in [6.07, 6.45) is 1.36. The summed E-state index contributed by atoms with van der Waals surface area (Å²) in [5, 5.41) is 9.29. The fourth-order valence-electron chi connectivity index (χ4n) is 3.48. The smallest absolute Gasteiger partial charge is 0.329 e. The Morgan fingerprint density at radius 2 is 1.57 bits per heavy atom. The molecule has 0 saturated carbocycles. The lowest BCUT2D eigenvalue weighted by atomic mass is 10.1. The number of hydrogen-bond acceptors (Lipinski definition) is 6. The Morgan fingerprint density at radius 3 is 2.27 bits per heavy atom. The molecule has 0 spiro atoms. The van der Waals surface area contributed by atoms with Gasteiger partial charge in [0.05, 0.1) is 13.3 Å². The highest BCUT2D eigenvalue weighted by atomic mass is 16.5. The average Bonchev–Trinajstić information content (AvgIpc) is 2.87. The summed E-state index contributed by atoms with van der Waals surface area (Å²) < 4.78 is 11.0. The molecule has 0 aliphatic carbocycles. The van der Waals surface area contributed by atoms with Gasteiger partial charge in [-0.05, 0) is 79.8 Å². The van der Waals surface area contributed by atoms with Gasteiger partial charge in [-0.2, -0.15) is 5.10 Å². The van der Waals surface area contributed by atoms with Gasteiger partial charge in [-0.1, -0.05) is 30.3 Å². The first-order chi connectivity index (χ1) is 17.7. The number of benzene rings is 3. The minimum absolute atomic E-state index is 0.206. The van der Waals surface area contributed by atoms with Crippen molar-refractivity contribution in [3.05, 3.63) is 82.4 Å². The molecule has 0 saturated heterocycles. The lowest BCUT2D eigenvalue weighted by Crippen LogP contribution is -2.32. The van der Waals surface area contributed by atoms with Crippen LogP contribution in [0.5, 0.6) is 11.5 Å². The average molecular weight is 503 g/mol. The Morgan fingerprint density at radius 1 is 0.838 bits per heavy atom. The van der Waals surface area contributed by atoms with Crippen LogP contribution in [0.2, 0.25) is 0 Å². The monoisotopic (exact) mass is 502 g/mol. The van der Waals surface area contributed by atoms with E-state index in [1.807, 2.05) is 64.1 Å². The Bertz CT molecular complexity index is 1330. The largest absolute Gasteiger partial charge is 0.493 e. The number of anilines is 2. The quantitative estimate of drug-likeness (QED) is 0.244. The maximum atomic E-state index is 12.4. The number of hydrogen-bond donors (Lipinski definition) is 3. The lowest BCUT2D eigenvalue weighted by molar-refractivity contribution is -0.136. The fourth-order valence-corrected chi connectivity index (χ4v) is 3.48. The van der Waals surface area contributed by atoms with Gasteiger partial charge in [0.25, 0.3) is 5.91 Å². The summed E-state index contributed by atoms with van der Waals surface area (Å²) in [5.41, 5.74) is 7.81. The molecule has 9 nitrogen and oxygen atoms in total. The van der Waals surface area contributed by atoms with E-state index in [0.29, 0.717) is 22.7 Å². The first-order valence-electron chi connectivity index (χ1n) is 11.6. The normalized spacial score (nSPS) is 10.6. The van der Waals surface area contributed by atoms with Crippen LogP contribution < -0.4 is 25.5 Å². The predicted octanol–water partition coefficient (Wildman–Crippen LogP) is 4.04. The molecule has 3 amide bonds. The van der Waals surface area contributed by atoms with Crippen molar-refractivity contribution in [2.75, 3.05) is 24.4 Å². The van der Waals surface area contributed by atoms with E-state index in [4.69, 9.17) is 9.47 Å². The standard InChI is InChI=1S/C28H30N4O5/c1-17-9-10-18(2)22(13-17)30-25(33)16-37-23-12-11-21(14-24(23)36-5)15-29-32-28(35)27(34)31-26-19(3)7-6-8-20(26)4/h6-15H,16H2,1-5H3,(H,30,33)(H,31,34)(H,32,35)/b29-15-. The third-order valence-electron chi connectivity index (χ3n) is 5.52. The molecule has 0 fully saturated rings. The van der Waals surface area contributed by atoms with Crippen molar-refractivity contribution in [3.63, 3.8) is 0 Å². The molecule has 0 unspecified atom stereocenters. The molecular weight excluding hydrogens is 472 g/mol. The van der Waals surface area contributed by atoms with E-state index in [9.17, 15) is 14.4 Å². The van der Waals surface area contributed by atoms with Crippen LogP contribution in [0.1, 0.15) is 27.8 Å². The molecular formula is C28H30N4O5. The van der Waals surface area contributed by atoms with Crippen molar-refractivity contribution in [1.82, 2.24) is 5.43 Å². The highest BCUT2D eigenvalue weighted by Gasteiger charge is 2.15. The highest BCUT2D eigenvalue weighted by molar-refractivity contribution is 6.39. The zero-order chi connectivity index (χ0) is 26.9. The number of ether oxygens (including phenoxy) is 2. The lowest BCUT2D eigenvalue weighted by Gasteiger charge is -2.13. The van der Waals surface area contributed by atoms with Crippen molar-refractivity contribution in [2.45, 2.75) is 27.7 Å². The molecule has 0 aliphatic rings. The minimum atomic E-state index is -0.902. The molecule has 0 radical (unpaired) electrons. The summed E-state index contributed by atoms with van der Waals surface area (Å²) in [6, 6.07) is 16.3.